The fourth-order valence-corrected chi connectivity index (χ4v) is 2.71. The maximum atomic E-state index is 8.96. The first-order chi connectivity index (χ1) is 9.17. The van der Waals surface area contributed by atoms with E-state index >= 15 is 0 Å². The van der Waals surface area contributed by atoms with Crippen molar-refractivity contribution >= 4 is 11.5 Å². The number of nitrogens with two attached hydrogens (primary N) is 1. The predicted octanol–water partition coefficient (Wildman–Crippen LogP) is 0.0691. The minimum atomic E-state index is 0.231. The highest BCUT2D eigenvalue weighted by Crippen LogP contribution is 2.27. The number of β-amino-alcohol motifs (C(OH)–C–C–N with tert-alkyl or cyclic N) is 1. The van der Waals surface area contributed by atoms with Crippen LogP contribution in [-0.4, -0.2) is 59.1 Å². The van der Waals surface area contributed by atoms with E-state index in [0.717, 1.165) is 62.8 Å². The Morgan fingerprint density at radius 2 is 1.95 bits per heavy atom. The number of anilines is 2. The molecule has 0 aromatic carbocycles. The zero-order valence-electron chi connectivity index (χ0n) is 12.0. The molecule has 1 aromatic heterocycles. The first kappa shape index (κ1) is 14.1. The topological polar surface area (TPSA) is 70.5 Å². The van der Waals surface area contributed by atoms with Crippen LogP contribution in [0.25, 0.3) is 0 Å². The summed E-state index contributed by atoms with van der Waals surface area (Å²) in [5.74, 6) is 1.05. The molecule has 0 saturated carbocycles. The highest BCUT2D eigenvalue weighted by atomic mass is 16.3. The van der Waals surface area contributed by atoms with Gasteiger partial charge in [-0.25, -0.2) is 0 Å². The molecule has 1 saturated heterocycles. The van der Waals surface area contributed by atoms with Gasteiger partial charge in [0.15, 0.2) is 0 Å². The molecule has 3 N–H and O–H groups in total. The number of nitrogen functional groups attached to an aromatic ring is 1. The van der Waals surface area contributed by atoms with Crippen LogP contribution in [0.15, 0.2) is 0 Å². The van der Waals surface area contributed by atoms with E-state index in [1.165, 1.54) is 0 Å². The van der Waals surface area contributed by atoms with Crippen LogP contribution >= 0.6 is 0 Å². The number of aliphatic hydroxyl groups is 1. The van der Waals surface area contributed by atoms with E-state index in [9.17, 15) is 0 Å². The number of aliphatic hydroxyl groups excluding tert-OH is 1. The number of aromatic nitrogens is 2. The fraction of sp³-hybridized carbons (Fsp3) is 0.769. The van der Waals surface area contributed by atoms with E-state index in [4.69, 9.17) is 10.8 Å². The van der Waals surface area contributed by atoms with Crippen molar-refractivity contribution in [3.8, 4) is 0 Å². The van der Waals surface area contributed by atoms with Gasteiger partial charge in [0.2, 0.25) is 0 Å². The van der Waals surface area contributed by atoms with Gasteiger partial charge in [-0.2, -0.15) is 5.10 Å². The van der Waals surface area contributed by atoms with Crippen molar-refractivity contribution < 1.29 is 5.11 Å². The maximum absolute atomic E-state index is 8.96. The van der Waals surface area contributed by atoms with Gasteiger partial charge in [0.25, 0.3) is 0 Å². The Balaban J connectivity index is 2.07. The second kappa shape index (κ2) is 6.25. The molecule has 1 fully saturated rings. The van der Waals surface area contributed by atoms with Crippen LogP contribution in [0.4, 0.5) is 11.5 Å². The van der Waals surface area contributed by atoms with Gasteiger partial charge in [-0.15, -0.1) is 0 Å². The summed E-state index contributed by atoms with van der Waals surface area (Å²) in [6, 6.07) is 0. The van der Waals surface area contributed by atoms with Crippen molar-refractivity contribution in [2.45, 2.75) is 19.8 Å². The zero-order valence-corrected chi connectivity index (χ0v) is 12.0. The fourth-order valence-electron chi connectivity index (χ4n) is 2.71. The minimum Gasteiger partial charge on any atom is -0.395 e. The smallest absolute Gasteiger partial charge is 0.150 e. The van der Waals surface area contributed by atoms with Crippen molar-refractivity contribution in [2.75, 3.05) is 50.0 Å². The largest absolute Gasteiger partial charge is 0.395 e. The molecule has 0 aliphatic carbocycles. The third kappa shape index (κ3) is 3.01. The van der Waals surface area contributed by atoms with E-state index in [1.54, 1.807) is 0 Å². The Bertz CT molecular complexity index is 409. The number of aryl methyl sites for hydroxylation is 2. The van der Waals surface area contributed by atoms with E-state index < -0.39 is 0 Å². The summed E-state index contributed by atoms with van der Waals surface area (Å²) in [6.45, 7) is 6.94. The van der Waals surface area contributed by atoms with Crippen LogP contribution < -0.4 is 10.6 Å². The lowest BCUT2D eigenvalue weighted by atomic mass is 10.2. The predicted molar refractivity (Wildman–Crippen MR) is 77.4 cm³/mol. The molecule has 0 atom stereocenters. The van der Waals surface area contributed by atoms with E-state index in [0.29, 0.717) is 0 Å². The third-order valence-corrected chi connectivity index (χ3v) is 3.70. The molecule has 2 rings (SSSR count). The molecule has 2 heterocycles. The third-order valence-electron chi connectivity index (χ3n) is 3.70. The highest BCUT2D eigenvalue weighted by Gasteiger charge is 2.23. The van der Waals surface area contributed by atoms with E-state index in [2.05, 4.69) is 21.8 Å². The summed E-state index contributed by atoms with van der Waals surface area (Å²) in [4.78, 5) is 4.57. The van der Waals surface area contributed by atoms with E-state index in [-0.39, 0.29) is 6.61 Å². The van der Waals surface area contributed by atoms with Crippen LogP contribution in [0.5, 0.6) is 0 Å². The summed E-state index contributed by atoms with van der Waals surface area (Å²) >= 11 is 0. The molecule has 0 bridgehead atoms. The Labute approximate surface area is 114 Å². The maximum Gasteiger partial charge on any atom is 0.150 e. The normalized spacial score (nSPS) is 17.1. The van der Waals surface area contributed by atoms with Crippen LogP contribution in [0.1, 0.15) is 19.0 Å². The van der Waals surface area contributed by atoms with Gasteiger partial charge in [-0.3, -0.25) is 9.58 Å². The first-order valence-corrected chi connectivity index (χ1v) is 7.06. The molecule has 6 heteroatoms. The Kier molecular flexibility index (Phi) is 4.66. The number of rotatable bonds is 5. The van der Waals surface area contributed by atoms with Crippen LogP contribution in [0.2, 0.25) is 0 Å². The van der Waals surface area contributed by atoms with Gasteiger partial charge >= 0.3 is 0 Å². The molecular weight excluding hydrogens is 242 g/mol. The van der Waals surface area contributed by atoms with Crippen LogP contribution in [0, 0.1) is 0 Å². The minimum absolute atomic E-state index is 0.231. The molecule has 0 unspecified atom stereocenters. The number of piperazine rings is 1. The van der Waals surface area contributed by atoms with Gasteiger partial charge in [-0.05, 0) is 6.42 Å². The second-order valence-electron chi connectivity index (χ2n) is 5.11. The van der Waals surface area contributed by atoms with Crippen molar-refractivity contribution in [2.24, 2.45) is 7.05 Å². The molecule has 1 aromatic rings. The Morgan fingerprint density at radius 1 is 1.26 bits per heavy atom. The lowest BCUT2D eigenvalue weighted by Crippen LogP contribution is -2.47. The van der Waals surface area contributed by atoms with Gasteiger partial charge < -0.3 is 15.7 Å². The quantitative estimate of drug-likeness (QED) is 0.790. The van der Waals surface area contributed by atoms with Crippen molar-refractivity contribution in [1.82, 2.24) is 14.7 Å². The Morgan fingerprint density at radius 3 is 2.53 bits per heavy atom. The van der Waals surface area contributed by atoms with E-state index in [1.807, 2.05) is 11.7 Å². The monoisotopic (exact) mass is 267 g/mol. The summed E-state index contributed by atoms with van der Waals surface area (Å²) < 4.78 is 1.90. The molecule has 1 aliphatic rings. The van der Waals surface area contributed by atoms with Gasteiger partial charge in [-0.1, -0.05) is 13.3 Å². The highest BCUT2D eigenvalue weighted by molar-refractivity contribution is 5.66. The average molecular weight is 267 g/mol. The number of nitrogens with zero attached hydrogens (tertiary/aromatic N) is 4. The summed E-state index contributed by atoms with van der Waals surface area (Å²) in [6.07, 6.45) is 2.00. The summed E-state index contributed by atoms with van der Waals surface area (Å²) in [5, 5.41) is 13.5. The molecule has 6 nitrogen and oxygen atoms in total. The molecule has 0 spiro atoms. The summed E-state index contributed by atoms with van der Waals surface area (Å²) in [7, 11) is 1.96. The van der Waals surface area contributed by atoms with Crippen LogP contribution in [-0.2, 0) is 13.5 Å². The van der Waals surface area contributed by atoms with Crippen molar-refractivity contribution in [1.29, 1.82) is 0 Å². The first-order valence-electron chi connectivity index (χ1n) is 7.06. The molecule has 19 heavy (non-hydrogen) atoms. The molecule has 108 valence electrons. The summed E-state index contributed by atoms with van der Waals surface area (Å²) in [5.41, 5.74) is 8.08. The molecule has 1 aliphatic heterocycles. The SMILES string of the molecule is CCCc1nn(C)c(N2CCN(CCO)CC2)c1N. The number of hydrogen-bond acceptors (Lipinski definition) is 5. The zero-order chi connectivity index (χ0) is 13.8. The van der Waals surface area contributed by atoms with Gasteiger partial charge in [0, 0.05) is 39.8 Å². The Hall–Kier alpha value is -1.27. The van der Waals surface area contributed by atoms with Gasteiger partial charge in [0.05, 0.1) is 18.0 Å². The van der Waals surface area contributed by atoms with Crippen molar-refractivity contribution in [3.05, 3.63) is 5.69 Å². The molecule has 0 amide bonds. The lowest BCUT2D eigenvalue weighted by molar-refractivity contribution is 0.188. The molecule has 0 radical (unpaired) electrons. The van der Waals surface area contributed by atoms with Crippen LogP contribution in [0.3, 0.4) is 0 Å². The molecular formula is C13H25N5O. The number of hydrogen-bond donors (Lipinski definition) is 2. The van der Waals surface area contributed by atoms with Crippen molar-refractivity contribution in [3.63, 3.8) is 0 Å². The van der Waals surface area contributed by atoms with Gasteiger partial charge in [0.1, 0.15) is 5.82 Å². The second-order valence-corrected chi connectivity index (χ2v) is 5.11. The average Bonchev–Trinajstić information content (AvgIpc) is 2.67. The standard InChI is InChI=1S/C13H25N5O/c1-3-4-11-12(14)13(16(2)15-11)18-7-5-17(6-8-18)9-10-19/h19H,3-10,14H2,1-2H3. The lowest BCUT2D eigenvalue weighted by Gasteiger charge is -2.35.